The number of nitriles is 3. The SMILES string of the molecule is COc1ccc(Br)cc1C1OC2(c3ccc(Br)cc3)OC(=N)C(C#N)(C2C)C1(C#N)C#N. The minimum Gasteiger partial charge on any atom is -0.496 e. The van der Waals surface area contributed by atoms with Crippen LogP contribution in [0.5, 0.6) is 5.75 Å². The van der Waals surface area contributed by atoms with Gasteiger partial charge in [-0.15, -0.1) is 0 Å². The van der Waals surface area contributed by atoms with Gasteiger partial charge in [-0.25, -0.2) is 0 Å². The summed E-state index contributed by atoms with van der Waals surface area (Å²) >= 11 is 6.82. The number of benzene rings is 2. The highest BCUT2D eigenvalue weighted by Gasteiger charge is 2.80. The van der Waals surface area contributed by atoms with Crippen molar-refractivity contribution >= 4 is 37.8 Å². The molecule has 0 saturated carbocycles. The van der Waals surface area contributed by atoms with Crippen LogP contribution in [0.15, 0.2) is 51.4 Å². The first-order valence-electron chi connectivity index (χ1n) is 9.55. The van der Waals surface area contributed by atoms with Crippen LogP contribution < -0.4 is 4.74 Å². The molecule has 2 aromatic rings. The second-order valence-electron chi connectivity index (χ2n) is 7.66. The molecule has 2 aliphatic rings. The minimum absolute atomic E-state index is 0.382. The van der Waals surface area contributed by atoms with Gasteiger partial charge < -0.3 is 14.2 Å². The van der Waals surface area contributed by atoms with Crippen molar-refractivity contribution in [3.05, 3.63) is 62.5 Å². The van der Waals surface area contributed by atoms with Gasteiger partial charge in [-0.1, -0.05) is 50.9 Å². The van der Waals surface area contributed by atoms with E-state index in [-0.39, 0.29) is 0 Å². The maximum atomic E-state index is 10.4. The van der Waals surface area contributed by atoms with Gasteiger partial charge in [-0.2, -0.15) is 15.8 Å². The van der Waals surface area contributed by atoms with Crippen LogP contribution in [-0.2, 0) is 15.3 Å². The van der Waals surface area contributed by atoms with Crippen molar-refractivity contribution in [2.45, 2.75) is 18.8 Å². The van der Waals surface area contributed by atoms with Crippen molar-refractivity contribution in [1.29, 1.82) is 21.2 Å². The number of nitrogens with zero attached hydrogens (tertiary/aromatic N) is 3. The number of methoxy groups -OCH3 is 1. The Labute approximate surface area is 201 Å². The van der Waals surface area contributed by atoms with E-state index in [9.17, 15) is 15.8 Å². The van der Waals surface area contributed by atoms with Crippen molar-refractivity contribution in [3.63, 3.8) is 0 Å². The van der Waals surface area contributed by atoms with E-state index in [0.717, 1.165) is 4.47 Å². The predicted molar refractivity (Wildman–Crippen MR) is 120 cm³/mol. The lowest BCUT2D eigenvalue weighted by Gasteiger charge is -2.49. The molecule has 9 heteroatoms. The fourth-order valence-corrected chi connectivity index (χ4v) is 5.38. The summed E-state index contributed by atoms with van der Waals surface area (Å²) in [6, 6.07) is 18.4. The molecule has 2 heterocycles. The molecule has 2 aromatic carbocycles. The van der Waals surface area contributed by atoms with Crippen LogP contribution in [0.4, 0.5) is 0 Å². The molecule has 2 saturated heterocycles. The van der Waals surface area contributed by atoms with E-state index in [4.69, 9.17) is 19.6 Å². The summed E-state index contributed by atoms with van der Waals surface area (Å²) in [5.41, 5.74) is -2.98. The third-order valence-corrected chi connectivity index (χ3v) is 7.41. The molecule has 0 aromatic heterocycles. The zero-order valence-electron chi connectivity index (χ0n) is 17.0. The van der Waals surface area contributed by atoms with Crippen LogP contribution in [0.25, 0.3) is 0 Å². The molecular formula is C23H16Br2N4O3. The van der Waals surface area contributed by atoms with Gasteiger partial charge in [0.2, 0.25) is 17.1 Å². The summed E-state index contributed by atoms with van der Waals surface area (Å²) in [5.74, 6) is -2.46. The van der Waals surface area contributed by atoms with Crippen LogP contribution in [0, 0.1) is 56.2 Å². The molecule has 4 rings (SSSR count). The maximum absolute atomic E-state index is 10.4. The molecular weight excluding hydrogens is 540 g/mol. The third-order valence-electron chi connectivity index (χ3n) is 6.39. The van der Waals surface area contributed by atoms with Gasteiger partial charge in [0.1, 0.15) is 11.9 Å². The second-order valence-corrected chi connectivity index (χ2v) is 9.49. The van der Waals surface area contributed by atoms with Crippen molar-refractivity contribution in [2.75, 3.05) is 7.11 Å². The molecule has 1 N–H and O–H groups in total. The van der Waals surface area contributed by atoms with Crippen molar-refractivity contribution in [3.8, 4) is 24.0 Å². The van der Waals surface area contributed by atoms with Gasteiger partial charge >= 0.3 is 0 Å². The van der Waals surface area contributed by atoms with Gasteiger partial charge in [0.15, 0.2) is 5.41 Å². The van der Waals surface area contributed by atoms with E-state index in [0.29, 0.717) is 21.3 Å². The van der Waals surface area contributed by atoms with E-state index < -0.39 is 34.5 Å². The van der Waals surface area contributed by atoms with E-state index in [2.05, 4.69) is 37.9 Å². The van der Waals surface area contributed by atoms with E-state index in [1.54, 1.807) is 49.4 Å². The minimum atomic E-state index is -2.07. The first-order valence-corrected chi connectivity index (χ1v) is 11.1. The highest BCUT2D eigenvalue weighted by atomic mass is 79.9. The molecule has 160 valence electrons. The Bertz CT molecular complexity index is 1230. The zero-order valence-corrected chi connectivity index (χ0v) is 20.2. The Balaban J connectivity index is 2.08. The lowest BCUT2D eigenvalue weighted by molar-refractivity contribution is -0.288. The van der Waals surface area contributed by atoms with Crippen LogP contribution in [0.2, 0.25) is 0 Å². The molecule has 0 amide bonds. The van der Waals surface area contributed by atoms with Gasteiger partial charge in [0, 0.05) is 20.1 Å². The van der Waals surface area contributed by atoms with E-state index in [1.165, 1.54) is 7.11 Å². The fourth-order valence-electron chi connectivity index (χ4n) is 4.74. The maximum Gasteiger partial charge on any atom is 0.244 e. The van der Waals surface area contributed by atoms with Gasteiger partial charge in [0.25, 0.3) is 0 Å². The number of halogens is 2. The van der Waals surface area contributed by atoms with E-state index >= 15 is 0 Å². The Morgan fingerprint density at radius 3 is 2.19 bits per heavy atom. The first kappa shape index (κ1) is 22.3. The molecule has 0 spiro atoms. The Morgan fingerprint density at radius 2 is 1.62 bits per heavy atom. The first-order chi connectivity index (χ1) is 15.3. The van der Waals surface area contributed by atoms with Crippen LogP contribution in [0.1, 0.15) is 24.2 Å². The second kappa shape index (κ2) is 7.60. The predicted octanol–water partition coefficient (Wildman–Crippen LogP) is 5.33. The van der Waals surface area contributed by atoms with Gasteiger partial charge in [-0.05, 0) is 30.3 Å². The summed E-state index contributed by atoms with van der Waals surface area (Å²) in [5, 5.41) is 39.7. The molecule has 2 fully saturated rings. The topological polar surface area (TPSA) is 123 Å². The van der Waals surface area contributed by atoms with Crippen molar-refractivity contribution in [1.82, 2.24) is 0 Å². The molecule has 7 nitrogen and oxygen atoms in total. The quantitative estimate of drug-likeness (QED) is 0.546. The Morgan fingerprint density at radius 1 is 1.00 bits per heavy atom. The van der Waals surface area contributed by atoms with E-state index in [1.807, 2.05) is 12.1 Å². The molecule has 2 aliphatic heterocycles. The number of hydrogen-bond acceptors (Lipinski definition) is 7. The molecule has 0 aliphatic carbocycles. The number of ether oxygens (including phenoxy) is 3. The zero-order chi connectivity index (χ0) is 23.3. The van der Waals surface area contributed by atoms with Gasteiger partial charge in [-0.3, -0.25) is 5.41 Å². The smallest absolute Gasteiger partial charge is 0.244 e. The van der Waals surface area contributed by atoms with Crippen LogP contribution in [-0.4, -0.2) is 13.0 Å². The molecule has 4 atom stereocenters. The Hall–Kier alpha value is -2.90. The summed E-state index contributed by atoms with van der Waals surface area (Å²) < 4.78 is 19.5. The van der Waals surface area contributed by atoms with Crippen LogP contribution in [0.3, 0.4) is 0 Å². The third kappa shape index (κ3) is 2.61. The number of nitrogens with one attached hydrogen (secondary N) is 1. The highest BCUT2D eigenvalue weighted by molar-refractivity contribution is 9.10. The summed E-state index contributed by atoms with van der Waals surface area (Å²) in [6.45, 7) is 1.67. The normalized spacial score (nSPS) is 29.8. The molecule has 32 heavy (non-hydrogen) atoms. The Kier molecular flexibility index (Phi) is 5.30. The van der Waals surface area contributed by atoms with Crippen molar-refractivity contribution < 1.29 is 14.2 Å². The summed E-state index contributed by atoms with van der Waals surface area (Å²) in [4.78, 5) is 0. The number of rotatable bonds is 3. The highest BCUT2D eigenvalue weighted by Crippen LogP contribution is 2.69. The van der Waals surface area contributed by atoms with Gasteiger partial charge in [0.05, 0.1) is 31.2 Å². The van der Waals surface area contributed by atoms with Crippen LogP contribution >= 0.6 is 31.9 Å². The fraction of sp³-hybridized carbons (Fsp3) is 0.304. The lowest BCUT2D eigenvalue weighted by atomic mass is 9.53. The average Bonchev–Trinajstić information content (AvgIpc) is 2.95. The largest absolute Gasteiger partial charge is 0.496 e. The lowest BCUT2D eigenvalue weighted by Crippen LogP contribution is -2.57. The number of fused-ring (bicyclic) bond motifs is 2. The number of hydrogen-bond donors (Lipinski definition) is 1. The average molecular weight is 556 g/mol. The standard InChI is InChI=1S/C23H16Br2N4O3/c1-13-22(12-28)20(29)32-23(13,14-3-5-15(24)6-4-14)31-19(21(22,10-26)11-27)17-9-16(25)7-8-18(17)30-2/h3-9,13,19,29H,1-2H3. The molecule has 0 radical (unpaired) electrons. The molecule has 4 unspecified atom stereocenters. The monoisotopic (exact) mass is 554 g/mol. The molecule has 2 bridgehead atoms. The summed E-state index contributed by atoms with van der Waals surface area (Å²) in [6.07, 6.45) is -1.24. The summed E-state index contributed by atoms with van der Waals surface area (Å²) in [7, 11) is 1.47. The van der Waals surface area contributed by atoms with Crippen molar-refractivity contribution in [2.24, 2.45) is 16.7 Å².